The number of carboxylic acid groups (broad SMARTS) is 1. The molecule has 0 saturated heterocycles. The van der Waals surface area contributed by atoms with Crippen LogP contribution < -0.4 is 5.32 Å². The summed E-state index contributed by atoms with van der Waals surface area (Å²) < 4.78 is 0. The molecule has 17 heavy (non-hydrogen) atoms. The Hall–Kier alpha value is -1.49. The predicted molar refractivity (Wildman–Crippen MR) is 66.9 cm³/mol. The van der Waals surface area contributed by atoms with Gasteiger partial charge in [0.05, 0.1) is 6.42 Å². The Kier molecular flexibility index (Phi) is 5.56. The molecule has 1 aromatic rings. The van der Waals surface area contributed by atoms with Crippen molar-refractivity contribution >= 4 is 23.6 Å². The number of benzene rings is 1. The van der Waals surface area contributed by atoms with Gasteiger partial charge in [0.25, 0.3) is 0 Å². The van der Waals surface area contributed by atoms with E-state index in [1.54, 1.807) is 11.8 Å². The molecular formula is C12H15NO3S. The Morgan fingerprint density at radius 3 is 2.41 bits per heavy atom. The van der Waals surface area contributed by atoms with Crippen molar-refractivity contribution in [3.8, 4) is 0 Å². The van der Waals surface area contributed by atoms with Crippen molar-refractivity contribution in [3.05, 3.63) is 29.8 Å². The molecule has 2 N–H and O–H groups in total. The standard InChI is InChI=1S/C12H15NO3S/c1-17-10-4-2-9(3-5-10)8-13-11(14)6-7-12(15)16/h2-5H,6-8H2,1H3,(H,13,14)(H,15,16). The lowest BCUT2D eigenvalue weighted by atomic mass is 10.2. The van der Waals surface area contributed by atoms with E-state index < -0.39 is 5.97 Å². The van der Waals surface area contributed by atoms with Crippen LogP contribution in [0, 0.1) is 0 Å². The number of carbonyl (C=O) groups excluding carboxylic acids is 1. The molecule has 0 unspecified atom stereocenters. The second-order valence-corrected chi connectivity index (χ2v) is 4.40. The van der Waals surface area contributed by atoms with Crippen LogP contribution >= 0.6 is 11.8 Å². The highest BCUT2D eigenvalue weighted by atomic mass is 32.2. The Morgan fingerprint density at radius 1 is 1.24 bits per heavy atom. The average molecular weight is 253 g/mol. The quantitative estimate of drug-likeness (QED) is 0.760. The van der Waals surface area contributed by atoms with Gasteiger partial charge < -0.3 is 10.4 Å². The van der Waals surface area contributed by atoms with Crippen molar-refractivity contribution < 1.29 is 14.7 Å². The van der Waals surface area contributed by atoms with Crippen LogP contribution in [0.3, 0.4) is 0 Å². The Labute approximate surface area is 104 Å². The largest absolute Gasteiger partial charge is 0.481 e. The second kappa shape index (κ2) is 6.96. The fourth-order valence-electron chi connectivity index (χ4n) is 1.25. The van der Waals surface area contributed by atoms with Crippen LogP contribution in [0.5, 0.6) is 0 Å². The number of amides is 1. The fourth-order valence-corrected chi connectivity index (χ4v) is 1.66. The second-order valence-electron chi connectivity index (χ2n) is 3.52. The lowest BCUT2D eigenvalue weighted by Crippen LogP contribution is -2.23. The van der Waals surface area contributed by atoms with Gasteiger partial charge in [-0.2, -0.15) is 0 Å². The first kappa shape index (κ1) is 13.6. The molecule has 0 fully saturated rings. The summed E-state index contributed by atoms with van der Waals surface area (Å²) in [6, 6.07) is 7.87. The molecule has 0 aromatic heterocycles. The number of carbonyl (C=O) groups is 2. The number of aliphatic carboxylic acids is 1. The molecule has 0 aliphatic rings. The maximum atomic E-state index is 11.3. The van der Waals surface area contributed by atoms with E-state index >= 15 is 0 Å². The van der Waals surface area contributed by atoms with E-state index in [0.717, 1.165) is 5.56 Å². The first-order chi connectivity index (χ1) is 8.11. The topological polar surface area (TPSA) is 66.4 Å². The van der Waals surface area contributed by atoms with Crippen LogP contribution in [0.2, 0.25) is 0 Å². The zero-order chi connectivity index (χ0) is 12.7. The fraction of sp³-hybridized carbons (Fsp3) is 0.333. The first-order valence-corrected chi connectivity index (χ1v) is 6.45. The highest BCUT2D eigenvalue weighted by molar-refractivity contribution is 7.98. The zero-order valence-electron chi connectivity index (χ0n) is 9.60. The summed E-state index contributed by atoms with van der Waals surface area (Å²) in [5, 5.41) is 11.1. The molecule has 0 aliphatic heterocycles. The van der Waals surface area contributed by atoms with Crippen molar-refractivity contribution in [1.29, 1.82) is 0 Å². The number of rotatable bonds is 6. The molecule has 5 heteroatoms. The molecule has 0 atom stereocenters. The van der Waals surface area contributed by atoms with Crippen molar-refractivity contribution in [2.45, 2.75) is 24.3 Å². The van der Waals surface area contributed by atoms with Gasteiger partial charge in [0.2, 0.25) is 5.91 Å². The summed E-state index contributed by atoms with van der Waals surface area (Å²) in [5.74, 6) is -1.19. The van der Waals surface area contributed by atoms with E-state index in [0.29, 0.717) is 6.54 Å². The summed E-state index contributed by atoms with van der Waals surface area (Å²) in [6.45, 7) is 0.438. The van der Waals surface area contributed by atoms with Crippen molar-refractivity contribution in [3.63, 3.8) is 0 Å². The van der Waals surface area contributed by atoms with Gasteiger partial charge in [-0.1, -0.05) is 12.1 Å². The molecule has 0 heterocycles. The van der Waals surface area contributed by atoms with E-state index in [1.807, 2.05) is 30.5 Å². The molecule has 0 radical (unpaired) electrons. The van der Waals surface area contributed by atoms with E-state index in [4.69, 9.17) is 5.11 Å². The number of hydrogen-bond acceptors (Lipinski definition) is 3. The molecule has 1 aromatic carbocycles. The summed E-state index contributed by atoms with van der Waals surface area (Å²) in [5.41, 5.74) is 1.01. The number of thioether (sulfide) groups is 1. The Balaban J connectivity index is 2.34. The lowest BCUT2D eigenvalue weighted by Gasteiger charge is -2.05. The van der Waals surface area contributed by atoms with Crippen molar-refractivity contribution in [1.82, 2.24) is 5.32 Å². The number of nitrogens with one attached hydrogen (secondary N) is 1. The minimum atomic E-state index is -0.954. The molecule has 0 spiro atoms. The Bertz CT molecular complexity index is 389. The van der Waals surface area contributed by atoms with Crippen molar-refractivity contribution in [2.75, 3.05) is 6.26 Å². The summed E-state index contributed by atoms with van der Waals surface area (Å²) in [7, 11) is 0. The zero-order valence-corrected chi connectivity index (χ0v) is 10.4. The van der Waals surface area contributed by atoms with Crippen LogP contribution in [-0.4, -0.2) is 23.2 Å². The minimum Gasteiger partial charge on any atom is -0.481 e. The monoisotopic (exact) mass is 253 g/mol. The number of carboxylic acids is 1. The van der Waals surface area contributed by atoms with Crippen LogP contribution in [-0.2, 0) is 16.1 Å². The van der Waals surface area contributed by atoms with E-state index in [1.165, 1.54) is 4.90 Å². The van der Waals surface area contributed by atoms with Crippen LogP contribution in [0.1, 0.15) is 18.4 Å². The van der Waals surface area contributed by atoms with Gasteiger partial charge in [0.1, 0.15) is 0 Å². The minimum absolute atomic E-state index is 0.0260. The van der Waals surface area contributed by atoms with Gasteiger partial charge in [0, 0.05) is 17.9 Å². The Morgan fingerprint density at radius 2 is 1.88 bits per heavy atom. The highest BCUT2D eigenvalue weighted by Gasteiger charge is 2.04. The smallest absolute Gasteiger partial charge is 0.303 e. The van der Waals surface area contributed by atoms with Crippen LogP contribution in [0.4, 0.5) is 0 Å². The first-order valence-electron chi connectivity index (χ1n) is 5.23. The number of hydrogen-bond donors (Lipinski definition) is 2. The molecule has 0 bridgehead atoms. The average Bonchev–Trinajstić information content (AvgIpc) is 2.34. The van der Waals surface area contributed by atoms with E-state index in [9.17, 15) is 9.59 Å². The summed E-state index contributed by atoms with van der Waals surface area (Å²) in [4.78, 5) is 22.7. The van der Waals surface area contributed by atoms with Gasteiger partial charge in [-0.15, -0.1) is 11.8 Å². The summed E-state index contributed by atoms with van der Waals surface area (Å²) >= 11 is 1.66. The van der Waals surface area contributed by atoms with Gasteiger partial charge in [0.15, 0.2) is 0 Å². The maximum Gasteiger partial charge on any atom is 0.303 e. The molecule has 0 saturated carbocycles. The molecule has 1 amide bonds. The molecular weight excluding hydrogens is 238 g/mol. The third-order valence-electron chi connectivity index (χ3n) is 2.21. The maximum absolute atomic E-state index is 11.3. The lowest BCUT2D eigenvalue weighted by molar-refractivity contribution is -0.138. The van der Waals surface area contributed by atoms with Gasteiger partial charge in [-0.05, 0) is 24.0 Å². The normalized spacial score (nSPS) is 9.94. The predicted octanol–water partition coefficient (Wildman–Crippen LogP) is 1.89. The van der Waals surface area contributed by atoms with Crippen LogP contribution in [0.15, 0.2) is 29.2 Å². The van der Waals surface area contributed by atoms with Gasteiger partial charge >= 0.3 is 5.97 Å². The van der Waals surface area contributed by atoms with E-state index in [2.05, 4.69) is 5.32 Å². The third-order valence-corrected chi connectivity index (χ3v) is 2.96. The van der Waals surface area contributed by atoms with Gasteiger partial charge in [-0.3, -0.25) is 9.59 Å². The van der Waals surface area contributed by atoms with Crippen LogP contribution in [0.25, 0.3) is 0 Å². The van der Waals surface area contributed by atoms with E-state index in [-0.39, 0.29) is 18.7 Å². The molecule has 92 valence electrons. The third kappa shape index (κ3) is 5.40. The summed E-state index contributed by atoms with van der Waals surface area (Å²) in [6.07, 6.45) is 1.90. The van der Waals surface area contributed by atoms with Crippen molar-refractivity contribution in [2.24, 2.45) is 0 Å². The highest BCUT2D eigenvalue weighted by Crippen LogP contribution is 2.14. The molecule has 1 rings (SSSR count). The molecule has 4 nitrogen and oxygen atoms in total. The van der Waals surface area contributed by atoms with Gasteiger partial charge in [-0.25, -0.2) is 0 Å². The SMILES string of the molecule is CSc1ccc(CNC(=O)CCC(=O)O)cc1. The molecule has 0 aliphatic carbocycles.